The number of nitrogens with zero attached hydrogens (tertiary/aromatic N) is 3. The molecule has 1 N–H and O–H groups in total. The van der Waals surface area contributed by atoms with Crippen LogP contribution in [0.3, 0.4) is 0 Å². The van der Waals surface area contributed by atoms with E-state index < -0.39 is 15.6 Å². The summed E-state index contributed by atoms with van der Waals surface area (Å²) in [7, 11) is -1.85. The first-order valence-corrected chi connectivity index (χ1v) is 7.82. The Labute approximate surface area is 114 Å². The molecule has 0 saturated carbocycles. The maximum atomic E-state index is 12.7. The molecule has 1 aliphatic heterocycles. The lowest BCUT2D eigenvalue weighted by atomic mass is 9.97. The van der Waals surface area contributed by atoms with Gasteiger partial charge in [0, 0.05) is 20.1 Å². The Bertz CT molecular complexity index is 590. The van der Waals surface area contributed by atoms with Crippen molar-refractivity contribution in [1.29, 1.82) is 0 Å². The quantitative estimate of drug-likeness (QED) is 0.863. The number of aliphatic hydroxyl groups is 1. The van der Waals surface area contributed by atoms with E-state index in [0.717, 1.165) is 0 Å². The molecule has 0 radical (unpaired) electrons. The van der Waals surface area contributed by atoms with Gasteiger partial charge in [0.05, 0.1) is 17.0 Å². The molecule has 0 aliphatic carbocycles. The van der Waals surface area contributed by atoms with Crippen LogP contribution in [0.4, 0.5) is 0 Å². The van der Waals surface area contributed by atoms with Crippen LogP contribution in [0.15, 0.2) is 4.90 Å². The van der Waals surface area contributed by atoms with Crippen molar-refractivity contribution in [3.8, 4) is 0 Å². The molecule has 0 spiro atoms. The second-order valence-electron chi connectivity index (χ2n) is 5.56. The molecule has 1 aromatic heterocycles. The lowest BCUT2D eigenvalue weighted by Gasteiger charge is -2.35. The third kappa shape index (κ3) is 2.54. The van der Waals surface area contributed by atoms with Crippen molar-refractivity contribution >= 4 is 10.0 Å². The molecule has 19 heavy (non-hydrogen) atoms. The average Bonchev–Trinajstić information content (AvgIpc) is 2.51. The van der Waals surface area contributed by atoms with Crippen LogP contribution >= 0.6 is 0 Å². The van der Waals surface area contributed by atoms with Gasteiger partial charge >= 0.3 is 0 Å². The fourth-order valence-corrected chi connectivity index (χ4v) is 4.63. The fraction of sp³-hybridized carbons (Fsp3) is 0.750. The molecule has 1 fully saturated rings. The topological polar surface area (TPSA) is 75.4 Å². The first kappa shape index (κ1) is 14.5. The van der Waals surface area contributed by atoms with Crippen molar-refractivity contribution in [3.63, 3.8) is 0 Å². The summed E-state index contributed by atoms with van der Waals surface area (Å²) in [6.07, 6.45) is 1.30. The molecule has 1 unspecified atom stereocenters. The molecular weight excluding hydrogens is 266 g/mol. The largest absolute Gasteiger partial charge is 0.389 e. The maximum absolute atomic E-state index is 12.7. The van der Waals surface area contributed by atoms with Crippen molar-refractivity contribution in [2.45, 2.75) is 44.1 Å². The number of piperidine rings is 1. The molecule has 1 saturated heterocycles. The van der Waals surface area contributed by atoms with E-state index in [4.69, 9.17) is 0 Å². The number of hydrogen-bond donors (Lipinski definition) is 1. The van der Waals surface area contributed by atoms with E-state index in [1.54, 1.807) is 32.5 Å². The van der Waals surface area contributed by atoms with E-state index in [1.165, 1.54) is 4.31 Å². The molecule has 108 valence electrons. The van der Waals surface area contributed by atoms with Crippen molar-refractivity contribution in [2.75, 3.05) is 13.1 Å². The summed E-state index contributed by atoms with van der Waals surface area (Å²) < 4.78 is 28.3. The monoisotopic (exact) mass is 287 g/mol. The van der Waals surface area contributed by atoms with Gasteiger partial charge < -0.3 is 5.11 Å². The number of sulfonamides is 1. The van der Waals surface area contributed by atoms with Crippen LogP contribution < -0.4 is 0 Å². The minimum Gasteiger partial charge on any atom is -0.389 e. The Morgan fingerprint density at radius 3 is 2.47 bits per heavy atom. The Morgan fingerprint density at radius 2 is 2.00 bits per heavy atom. The molecule has 0 bridgehead atoms. The van der Waals surface area contributed by atoms with Gasteiger partial charge in [0.15, 0.2) is 0 Å². The van der Waals surface area contributed by atoms with Gasteiger partial charge in [-0.25, -0.2) is 8.42 Å². The van der Waals surface area contributed by atoms with E-state index in [-0.39, 0.29) is 11.4 Å². The zero-order chi connectivity index (χ0) is 14.4. The third-order valence-corrected chi connectivity index (χ3v) is 5.78. The second kappa shape index (κ2) is 4.57. The van der Waals surface area contributed by atoms with E-state index in [0.29, 0.717) is 30.8 Å². The lowest BCUT2D eigenvalue weighted by molar-refractivity contribution is 0.00937. The molecular formula is C12H21N3O3S. The van der Waals surface area contributed by atoms with Gasteiger partial charge in [-0.3, -0.25) is 4.68 Å². The van der Waals surface area contributed by atoms with Crippen molar-refractivity contribution < 1.29 is 13.5 Å². The summed E-state index contributed by atoms with van der Waals surface area (Å²) in [5.74, 6) is 0. The Kier molecular flexibility index (Phi) is 3.49. The molecule has 1 atom stereocenters. The smallest absolute Gasteiger partial charge is 0.246 e. The minimum absolute atomic E-state index is 0.142. The zero-order valence-corrected chi connectivity index (χ0v) is 12.7. The first-order chi connectivity index (χ1) is 8.65. The van der Waals surface area contributed by atoms with E-state index >= 15 is 0 Å². The van der Waals surface area contributed by atoms with Crippen LogP contribution in [0.1, 0.15) is 31.2 Å². The van der Waals surface area contributed by atoms with E-state index in [2.05, 4.69) is 5.10 Å². The molecule has 0 amide bonds. The lowest BCUT2D eigenvalue weighted by Crippen LogP contribution is -2.48. The van der Waals surface area contributed by atoms with E-state index in [9.17, 15) is 13.5 Å². The highest BCUT2D eigenvalue weighted by molar-refractivity contribution is 7.89. The standard InChI is InChI=1S/C12H21N3O3S/c1-9-11(10(2)14(4)13-9)19(17,18)15-7-5-6-12(3,16)8-15/h16H,5-8H2,1-4H3. The Hall–Kier alpha value is -0.920. The highest BCUT2D eigenvalue weighted by Gasteiger charge is 2.37. The van der Waals surface area contributed by atoms with E-state index in [1.807, 2.05) is 0 Å². The normalized spacial score (nSPS) is 25.7. The molecule has 2 heterocycles. The predicted octanol–water partition coefficient (Wildman–Crippen LogP) is 0.572. The molecule has 1 aromatic rings. The number of hydrogen-bond acceptors (Lipinski definition) is 4. The van der Waals surface area contributed by atoms with Crippen LogP contribution in [0.2, 0.25) is 0 Å². The molecule has 7 heteroatoms. The summed E-state index contributed by atoms with van der Waals surface area (Å²) in [5.41, 5.74) is 0.183. The summed E-state index contributed by atoms with van der Waals surface area (Å²) in [4.78, 5) is 0.271. The Morgan fingerprint density at radius 1 is 1.37 bits per heavy atom. The predicted molar refractivity (Wildman–Crippen MR) is 71.3 cm³/mol. The third-order valence-electron chi connectivity index (χ3n) is 3.68. The Balaban J connectivity index is 2.43. The van der Waals surface area contributed by atoms with Gasteiger partial charge in [-0.1, -0.05) is 0 Å². The number of β-amino-alcohol motifs (C(OH)–C–C–N with tert-alkyl or cyclic N) is 1. The number of aryl methyl sites for hydroxylation is 2. The fourth-order valence-electron chi connectivity index (χ4n) is 2.64. The summed E-state index contributed by atoms with van der Waals surface area (Å²) >= 11 is 0. The minimum atomic E-state index is -3.58. The average molecular weight is 287 g/mol. The zero-order valence-electron chi connectivity index (χ0n) is 11.8. The summed E-state index contributed by atoms with van der Waals surface area (Å²) in [5, 5.41) is 14.2. The highest BCUT2D eigenvalue weighted by Crippen LogP contribution is 2.28. The van der Waals surface area contributed by atoms with Gasteiger partial charge in [0.2, 0.25) is 10.0 Å². The SMILES string of the molecule is Cc1nn(C)c(C)c1S(=O)(=O)N1CCCC(C)(O)C1. The molecule has 1 aliphatic rings. The van der Waals surface area contributed by atoms with Gasteiger partial charge in [-0.15, -0.1) is 0 Å². The first-order valence-electron chi connectivity index (χ1n) is 6.38. The van der Waals surface area contributed by atoms with Crippen molar-refractivity contribution in [3.05, 3.63) is 11.4 Å². The highest BCUT2D eigenvalue weighted by atomic mass is 32.2. The maximum Gasteiger partial charge on any atom is 0.246 e. The molecule has 0 aromatic carbocycles. The van der Waals surface area contributed by atoms with Crippen LogP contribution in [0, 0.1) is 13.8 Å². The van der Waals surface area contributed by atoms with Crippen LogP contribution in [-0.4, -0.2) is 46.3 Å². The molecule has 6 nitrogen and oxygen atoms in total. The van der Waals surface area contributed by atoms with Gasteiger partial charge in [-0.05, 0) is 33.6 Å². The number of rotatable bonds is 2. The van der Waals surface area contributed by atoms with Crippen molar-refractivity contribution in [1.82, 2.24) is 14.1 Å². The van der Waals surface area contributed by atoms with Gasteiger partial charge in [0.1, 0.15) is 4.90 Å². The van der Waals surface area contributed by atoms with Crippen LogP contribution in [0.5, 0.6) is 0 Å². The second-order valence-corrected chi connectivity index (χ2v) is 7.44. The van der Waals surface area contributed by atoms with Crippen LogP contribution in [0.25, 0.3) is 0 Å². The van der Waals surface area contributed by atoms with Crippen molar-refractivity contribution in [2.24, 2.45) is 7.05 Å². The number of aromatic nitrogens is 2. The summed E-state index contributed by atoms with van der Waals surface area (Å²) in [6.45, 7) is 5.71. The molecule has 2 rings (SSSR count). The van der Waals surface area contributed by atoms with Crippen LogP contribution in [-0.2, 0) is 17.1 Å². The van der Waals surface area contributed by atoms with Gasteiger partial charge in [0.25, 0.3) is 0 Å². The summed E-state index contributed by atoms with van der Waals surface area (Å²) in [6, 6.07) is 0. The van der Waals surface area contributed by atoms with Gasteiger partial charge in [-0.2, -0.15) is 9.40 Å².